The maximum Gasteiger partial charge on any atom is 0.325 e. The van der Waals surface area contributed by atoms with Crippen LogP contribution in [0.1, 0.15) is 0 Å². The van der Waals surface area contributed by atoms with E-state index in [0.29, 0.717) is 37.8 Å². The van der Waals surface area contributed by atoms with Gasteiger partial charge >= 0.3 is 6.03 Å². The quantitative estimate of drug-likeness (QED) is 0.854. The molecule has 2 N–H and O–H groups in total. The van der Waals surface area contributed by atoms with Crippen LogP contribution in [0.4, 0.5) is 10.5 Å². The van der Waals surface area contributed by atoms with Gasteiger partial charge in [0.05, 0.1) is 0 Å². The molecule has 0 spiro atoms. The Hall–Kier alpha value is -2.44. The van der Waals surface area contributed by atoms with Gasteiger partial charge in [0, 0.05) is 24.8 Å². The van der Waals surface area contributed by atoms with E-state index >= 15 is 0 Å². The van der Waals surface area contributed by atoms with Crippen molar-refractivity contribution in [2.75, 3.05) is 37.7 Å². The zero-order valence-electron chi connectivity index (χ0n) is 10.9. The van der Waals surface area contributed by atoms with Crippen LogP contribution >= 0.6 is 0 Å². The molecule has 7 nitrogen and oxygen atoms in total. The Balaban J connectivity index is 1.80. The Morgan fingerprint density at radius 1 is 1.20 bits per heavy atom. The Kier molecular flexibility index (Phi) is 3.09. The van der Waals surface area contributed by atoms with Gasteiger partial charge in [-0.25, -0.2) is 4.79 Å². The summed E-state index contributed by atoms with van der Waals surface area (Å²) in [7, 11) is 0. The standard InChI is InChI=1S/C13H15N3O4/c14-12(17)8-15-3-4-16(13(15)18)9-1-2-10-11(7-9)20-6-5-19-10/h1-2,7H,3-6,8H2,(H2,14,17). The first-order valence-corrected chi connectivity index (χ1v) is 6.39. The van der Waals surface area contributed by atoms with Crippen molar-refractivity contribution < 1.29 is 19.1 Å². The van der Waals surface area contributed by atoms with Crippen LogP contribution in [0.25, 0.3) is 0 Å². The molecule has 7 heteroatoms. The molecule has 0 bridgehead atoms. The lowest BCUT2D eigenvalue weighted by Gasteiger charge is -2.22. The van der Waals surface area contributed by atoms with Crippen molar-refractivity contribution in [2.45, 2.75) is 0 Å². The molecular formula is C13H15N3O4. The number of fused-ring (bicyclic) bond motifs is 1. The second-order valence-corrected chi connectivity index (χ2v) is 4.65. The molecule has 0 radical (unpaired) electrons. The molecule has 0 saturated carbocycles. The van der Waals surface area contributed by atoms with Gasteiger partial charge in [-0.3, -0.25) is 9.69 Å². The molecule has 1 fully saturated rings. The first kappa shape index (κ1) is 12.6. The van der Waals surface area contributed by atoms with Gasteiger partial charge in [-0.15, -0.1) is 0 Å². The average molecular weight is 277 g/mol. The maximum absolute atomic E-state index is 12.2. The second kappa shape index (κ2) is 4.92. The number of ether oxygens (including phenoxy) is 2. The highest BCUT2D eigenvalue weighted by Crippen LogP contribution is 2.34. The fraction of sp³-hybridized carbons (Fsp3) is 0.385. The molecular weight excluding hydrogens is 262 g/mol. The number of carbonyl (C=O) groups is 2. The van der Waals surface area contributed by atoms with E-state index < -0.39 is 5.91 Å². The number of hydrogen-bond donors (Lipinski definition) is 1. The van der Waals surface area contributed by atoms with Crippen molar-refractivity contribution >= 4 is 17.6 Å². The predicted molar refractivity (Wildman–Crippen MR) is 70.9 cm³/mol. The highest BCUT2D eigenvalue weighted by Gasteiger charge is 2.31. The lowest BCUT2D eigenvalue weighted by atomic mass is 10.2. The number of nitrogens with two attached hydrogens (primary N) is 1. The highest BCUT2D eigenvalue weighted by molar-refractivity contribution is 5.96. The zero-order valence-corrected chi connectivity index (χ0v) is 10.9. The molecule has 0 atom stereocenters. The Bertz CT molecular complexity index is 561. The molecule has 0 aromatic heterocycles. The van der Waals surface area contributed by atoms with Gasteiger partial charge in [0.2, 0.25) is 5.91 Å². The smallest absolute Gasteiger partial charge is 0.325 e. The topological polar surface area (TPSA) is 85.1 Å². The van der Waals surface area contributed by atoms with Gasteiger partial charge < -0.3 is 20.1 Å². The molecule has 0 unspecified atom stereocenters. The molecule has 106 valence electrons. The summed E-state index contributed by atoms with van der Waals surface area (Å²) in [5, 5.41) is 0. The van der Waals surface area contributed by atoms with E-state index in [1.807, 2.05) is 0 Å². The molecule has 1 aromatic carbocycles. The average Bonchev–Trinajstić information content (AvgIpc) is 2.79. The number of nitrogens with zero attached hydrogens (tertiary/aromatic N) is 2. The van der Waals surface area contributed by atoms with Crippen LogP contribution in [0.15, 0.2) is 18.2 Å². The minimum atomic E-state index is -0.512. The number of hydrogen-bond acceptors (Lipinski definition) is 4. The van der Waals surface area contributed by atoms with E-state index in [1.54, 1.807) is 23.1 Å². The number of rotatable bonds is 3. The molecule has 1 saturated heterocycles. The van der Waals surface area contributed by atoms with Gasteiger partial charge in [-0.1, -0.05) is 0 Å². The van der Waals surface area contributed by atoms with Crippen molar-refractivity contribution in [3.8, 4) is 11.5 Å². The third-order valence-electron chi connectivity index (χ3n) is 3.28. The summed E-state index contributed by atoms with van der Waals surface area (Å²) < 4.78 is 10.9. The van der Waals surface area contributed by atoms with Crippen LogP contribution in [0.2, 0.25) is 0 Å². The van der Waals surface area contributed by atoms with Crippen LogP contribution in [0, 0.1) is 0 Å². The van der Waals surface area contributed by atoms with Crippen molar-refractivity contribution in [3.05, 3.63) is 18.2 Å². The minimum absolute atomic E-state index is 0.0557. The van der Waals surface area contributed by atoms with Crippen LogP contribution in [0.3, 0.4) is 0 Å². The monoisotopic (exact) mass is 277 g/mol. The van der Waals surface area contributed by atoms with Crippen LogP contribution in [-0.2, 0) is 4.79 Å². The molecule has 20 heavy (non-hydrogen) atoms. The van der Waals surface area contributed by atoms with Crippen molar-refractivity contribution in [1.82, 2.24) is 4.90 Å². The van der Waals surface area contributed by atoms with Gasteiger partial charge in [-0.05, 0) is 12.1 Å². The third-order valence-corrected chi connectivity index (χ3v) is 3.28. The van der Waals surface area contributed by atoms with Crippen molar-refractivity contribution in [3.63, 3.8) is 0 Å². The first-order valence-electron chi connectivity index (χ1n) is 6.39. The predicted octanol–water partition coefficient (Wildman–Crippen LogP) is 0.185. The summed E-state index contributed by atoms with van der Waals surface area (Å²) in [6, 6.07) is 5.15. The van der Waals surface area contributed by atoms with E-state index in [1.165, 1.54) is 4.90 Å². The van der Waals surface area contributed by atoms with Gasteiger partial charge in [0.1, 0.15) is 19.8 Å². The molecule has 3 rings (SSSR count). The largest absolute Gasteiger partial charge is 0.486 e. The third kappa shape index (κ3) is 2.22. The fourth-order valence-electron chi connectivity index (χ4n) is 2.36. The maximum atomic E-state index is 12.2. The highest BCUT2D eigenvalue weighted by atomic mass is 16.6. The zero-order chi connectivity index (χ0) is 14.1. The number of carbonyl (C=O) groups excluding carboxylic acids is 2. The number of urea groups is 1. The summed E-state index contributed by atoms with van der Waals surface area (Å²) in [6.45, 7) is 1.97. The molecule has 1 aromatic rings. The summed E-state index contributed by atoms with van der Waals surface area (Å²) in [4.78, 5) is 26.1. The molecule has 3 amide bonds. The lowest BCUT2D eigenvalue weighted by Crippen LogP contribution is -2.37. The molecule has 2 aliphatic heterocycles. The van der Waals surface area contributed by atoms with Crippen LogP contribution < -0.4 is 20.1 Å². The Morgan fingerprint density at radius 3 is 2.70 bits per heavy atom. The lowest BCUT2D eigenvalue weighted by molar-refractivity contribution is -0.118. The van der Waals surface area contributed by atoms with E-state index in [0.717, 1.165) is 5.69 Å². The number of benzene rings is 1. The van der Waals surface area contributed by atoms with E-state index in [2.05, 4.69) is 0 Å². The normalized spacial score (nSPS) is 17.5. The molecule has 0 aliphatic carbocycles. The van der Waals surface area contributed by atoms with Gasteiger partial charge in [-0.2, -0.15) is 0 Å². The van der Waals surface area contributed by atoms with E-state index in [-0.39, 0.29) is 12.6 Å². The summed E-state index contributed by atoms with van der Waals surface area (Å²) in [5.41, 5.74) is 5.85. The summed E-state index contributed by atoms with van der Waals surface area (Å²) in [5.74, 6) is 0.804. The van der Waals surface area contributed by atoms with Crippen molar-refractivity contribution in [1.29, 1.82) is 0 Å². The van der Waals surface area contributed by atoms with Gasteiger partial charge in [0.15, 0.2) is 11.5 Å². The SMILES string of the molecule is NC(=O)CN1CCN(c2ccc3c(c2)OCCO3)C1=O. The first-order chi connectivity index (χ1) is 9.65. The second-order valence-electron chi connectivity index (χ2n) is 4.65. The van der Waals surface area contributed by atoms with E-state index in [9.17, 15) is 9.59 Å². The Morgan fingerprint density at radius 2 is 1.95 bits per heavy atom. The number of amides is 3. The van der Waals surface area contributed by atoms with E-state index in [4.69, 9.17) is 15.2 Å². The van der Waals surface area contributed by atoms with Gasteiger partial charge in [0.25, 0.3) is 0 Å². The summed E-state index contributed by atoms with van der Waals surface area (Å²) >= 11 is 0. The number of anilines is 1. The van der Waals surface area contributed by atoms with Crippen molar-refractivity contribution in [2.24, 2.45) is 5.73 Å². The van der Waals surface area contributed by atoms with Crippen LogP contribution in [0.5, 0.6) is 11.5 Å². The molecule has 2 heterocycles. The minimum Gasteiger partial charge on any atom is -0.486 e. The molecule has 2 aliphatic rings. The number of primary amides is 1. The Labute approximate surface area is 115 Å². The fourth-order valence-corrected chi connectivity index (χ4v) is 2.36. The van der Waals surface area contributed by atoms with Crippen LogP contribution in [-0.4, -0.2) is 49.7 Å². The summed E-state index contributed by atoms with van der Waals surface area (Å²) in [6.07, 6.45) is 0.